The summed E-state index contributed by atoms with van der Waals surface area (Å²) in [6.07, 6.45) is 0. The second-order valence-corrected chi connectivity index (χ2v) is 6.01. The maximum absolute atomic E-state index is 9.77. The van der Waals surface area contributed by atoms with Crippen molar-refractivity contribution >= 4 is 27.2 Å². The first-order valence-corrected chi connectivity index (χ1v) is 7.44. The summed E-state index contributed by atoms with van der Waals surface area (Å²) in [5.41, 5.74) is 3.07. The molecule has 21 heavy (non-hydrogen) atoms. The quantitative estimate of drug-likeness (QED) is 0.766. The molecule has 1 aromatic heterocycles. The molecule has 0 saturated carbocycles. The number of aromatic nitrogens is 1. The van der Waals surface area contributed by atoms with Crippen LogP contribution in [0.4, 0.5) is 5.69 Å². The van der Waals surface area contributed by atoms with Crippen molar-refractivity contribution in [3.8, 4) is 11.5 Å². The number of hydrogen-bond acceptors (Lipinski definition) is 5. The third-order valence-electron chi connectivity index (χ3n) is 3.24. The molecular weight excluding hydrogens is 284 g/mol. The van der Waals surface area contributed by atoms with Gasteiger partial charge in [0.2, 0.25) is 0 Å². The van der Waals surface area contributed by atoms with Gasteiger partial charge in [-0.05, 0) is 42.8 Å². The van der Waals surface area contributed by atoms with E-state index in [-0.39, 0.29) is 5.75 Å². The van der Waals surface area contributed by atoms with Crippen LogP contribution in [0.3, 0.4) is 0 Å². The Balaban J connectivity index is 1.75. The summed E-state index contributed by atoms with van der Waals surface area (Å²) < 4.78 is 6.21. The number of anilines is 1. The molecule has 3 rings (SSSR count). The fourth-order valence-corrected chi connectivity index (χ4v) is 3.07. The van der Waals surface area contributed by atoms with Crippen molar-refractivity contribution in [1.82, 2.24) is 4.98 Å². The molecule has 0 fully saturated rings. The van der Waals surface area contributed by atoms with Crippen molar-refractivity contribution in [2.45, 2.75) is 13.5 Å². The number of thiazole rings is 1. The normalized spacial score (nSPS) is 10.8. The van der Waals surface area contributed by atoms with Gasteiger partial charge in [-0.2, -0.15) is 0 Å². The third kappa shape index (κ3) is 2.92. The fraction of sp³-hybridized carbons (Fsp3) is 0.188. The number of fused-ring (bicyclic) bond motifs is 1. The Kier molecular flexibility index (Phi) is 3.66. The molecule has 0 bridgehead atoms. The van der Waals surface area contributed by atoms with Gasteiger partial charge in [0.25, 0.3) is 0 Å². The maximum atomic E-state index is 9.77. The summed E-state index contributed by atoms with van der Waals surface area (Å²) in [5, 5.41) is 14.2. The van der Waals surface area contributed by atoms with Gasteiger partial charge in [0.05, 0.1) is 22.3 Å². The minimum Gasteiger partial charge on any atom is -0.504 e. The van der Waals surface area contributed by atoms with Gasteiger partial charge in [0.1, 0.15) is 0 Å². The SMILES string of the molecule is COc1ccc(CNc2ccc3nc(C)sc3c2)cc1O. The Labute approximate surface area is 127 Å². The maximum Gasteiger partial charge on any atom is 0.160 e. The summed E-state index contributed by atoms with van der Waals surface area (Å²) in [7, 11) is 1.54. The topological polar surface area (TPSA) is 54.4 Å². The van der Waals surface area contributed by atoms with E-state index in [1.165, 1.54) is 4.70 Å². The van der Waals surface area contributed by atoms with Gasteiger partial charge in [0.15, 0.2) is 11.5 Å². The Hall–Kier alpha value is -2.27. The highest BCUT2D eigenvalue weighted by atomic mass is 32.1. The molecule has 0 radical (unpaired) electrons. The zero-order chi connectivity index (χ0) is 14.8. The van der Waals surface area contributed by atoms with Crippen LogP contribution in [0, 0.1) is 6.92 Å². The summed E-state index contributed by atoms with van der Waals surface area (Å²) in [6, 6.07) is 11.5. The minimum absolute atomic E-state index is 0.158. The highest BCUT2D eigenvalue weighted by molar-refractivity contribution is 7.18. The van der Waals surface area contributed by atoms with Crippen LogP contribution in [0.25, 0.3) is 10.2 Å². The van der Waals surface area contributed by atoms with E-state index in [0.29, 0.717) is 12.3 Å². The number of nitrogens with zero attached hydrogens (tertiary/aromatic N) is 1. The van der Waals surface area contributed by atoms with Crippen molar-refractivity contribution in [3.05, 3.63) is 47.0 Å². The van der Waals surface area contributed by atoms with Crippen LogP contribution in [0.2, 0.25) is 0 Å². The second kappa shape index (κ2) is 5.61. The monoisotopic (exact) mass is 300 g/mol. The standard InChI is InChI=1S/C16H16N2O2S/c1-10-18-13-5-4-12(8-16(13)21-10)17-9-11-3-6-15(20-2)14(19)7-11/h3-8,17,19H,9H2,1-2H3. The predicted molar refractivity (Wildman–Crippen MR) is 86.3 cm³/mol. The van der Waals surface area contributed by atoms with Gasteiger partial charge < -0.3 is 15.2 Å². The summed E-state index contributed by atoms with van der Waals surface area (Å²) in [5.74, 6) is 0.644. The van der Waals surface area contributed by atoms with Gasteiger partial charge in [-0.15, -0.1) is 11.3 Å². The number of nitrogens with one attached hydrogen (secondary N) is 1. The fourth-order valence-electron chi connectivity index (χ4n) is 2.20. The molecule has 0 atom stereocenters. The minimum atomic E-state index is 0.158. The number of ether oxygens (including phenoxy) is 1. The second-order valence-electron chi connectivity index (χ2n) is 4.78. The van der Waals surface area contributed by atoms with Gasteiger partial charge in [-0.25, -0.2) is 4.98 Å². The van der Waals surface area contributed by atoms with Gasteiger partial charge in [0, 0.05) is 12.2 Å². The van der Waals surface area contributed by atoms with Crippen molar-refractivity contribution < 1.29 is 9.84 Å². The number of rotatable bonds is 4. The first-order chi connectivity index (χ1) is 10.2. The van der Waals surface area contributed by atoms with Gasteiger partial charge in [-0.3, -0.25) is 0 Å². The molecule has 5 heteroatoms. The molecule has 0 aliphatic carbocycles. The first-order valence-electron chi connectivity index (χ1n) is 6.62. The lowest BCUT2D eigenvalue weighted by Crippen LogP contribution is -1.99. The molecule has 108 valence electrons. The number of phenols is 1. The highest BCUT2D eigenvalue weighted by Gasteiger charge is 2.04. The van der Waals surface area contributed by atoms with E-state index in [4.69, 9.17) is 4.74 Å². The Morgan fingerprint density at radius 2 is 2.10 bits per heavy atom. The Bertz CT molecular complexity index is 783. The number of benzene rings is 2. The van der Waals surface area contributed by atoms with Crippen molar-refractivity contribution in [1.29, 1.82) is 0 Å². The highest BCUT2D eigenvalue weighted by Crippen LogP contribution is 2.27. The van der Waals surface area contributed by atoms with E-state index in [9.17, 15) is 5.11 Å². The summed E-state index contributed by atoms with van der Waals surface area (Å²) in [4.78, 5) is 4.45. The lowest BCUT2D eigenvalue weighted by molar-refractivity contribution is 0.373. The van der Waals surface area contributed by atoms with Crippen LogP contribution in [0.5, 0.6) is 11.5 Å². The molecule has 0 aliphatic heterocycles. The van der Waals surface area contributed by atoms with Crippen LogP contribution in [0.1, 0.15) is 10.6 Å². The van der Waals surface area contributed by atoms with Crippen LogP contribution >= 0.6 is 11.3 Å². The molecule has 3 aromatic rings. The number of methoxy groups -OCH3 is 1. The molecule has 1 heterocycles. The molecule has 2 aromatic carbocycles. The molecule has 2 N–H and O–H groups in total. The zero-order valence-corrected chi connectivity index (χ0v) is 12.7. The molecule has 0 amide bonds. The van der Waals surface area contributed by atoms with E-state index in [0.717, 1.165) is 21.8 Å². The first kappa shape index (κ1) is 13.7. The van der Waals surface area contributed by atoms with Crippen molar-refractivity contribution in [3.63, 3.8) is 0 Å². The van der Waals surface area contributed by atoms with Crippen LogP contribution in [-0.2, 0) is 6.54 Å². The third-order valence-corrected chi connectivity index (χ3v) is 4.17. The number of aryl methyl sites for hydroxylation is 1. The zero-order valence-electron chi connectivity index (χ0n) is 11.9. The molecule has 0 unspecified atom stereocenters. The Morgan fingerprint density at radius 3 is 2.86 bits per heavy atom. The van der Waals surface area contributed by atoms with E-state index in [1.807, 2.05) is 25.1 Å². The van der Waals surface area contributed by atoms with Crippen LogP contribution in [-0.4, -0.2) is 17.2 Å². The van der Waals surface area contributed by atoms with Crippen LogP contribution < -0.4 is 10.1 Å². The van der Waals surface area contributed by atoms with E-state index in [1.54, 1.807) is 30.6 Å². The number of aromatic hydroxyl groups is 1. The van der Waals surface area contributed by atoms with Crippen molar-refractivity contribution in [2.75, 3.05) is 12.4 Å². The van der Waals surface area contributed by atoms with Crippen LogP contribution in [0.15, 0.2) is 36.4 Å². The summed E-state index contributed by atoms with van der Waals surface area (Å²) in [6.45, 7) is 2.65. The van der Waals surface area contributed by atoms with E-state index >= 15 is 0 Å². The lowest BCUT2D eigenvalue weighted by Gasteiger charge is -2.08. The predicted octanol–water partition coefficient (Wildman–Crippen LogP) is 3.93. The smallest absolute Gasteiger partial charge is 0.160 e. The largest absolute Gasteiger partial charge is 0.504 e. The molecule has 0 aliphatic rings. The average molecular weight is 300 g/mol. The van der Waals surface area contributed by atoms with Crippen molar-refractivity contribution in [2.24, 2.45) is 0 Å². The molecule has 4 nitrogen and oxygen atoms in total. The molecule has 0 spiro atoms. The lowest BCUT2D eigenvalue weighted by atomic mass is 10.2. The van der Waals surface area contributed by atoms with Gasteiger partial charge in [-0.1, -0.05) is 6.07 Å². The van der Waals surface area contributed by atoms with Gasteiger partial charge >= 0.3 is 0 Å². The van der Waals surface area contributed by atoms with E-state index < -0.39 is 0 Å². The molecular formula is C16H16N2O2S. The van der Waals surface area contributed by atoms with E-state index in [2.05, 4.69) is 16.4 Å². The number of hydrogen-bond donors (Lipinski definition) is 2. The summed E-state index contributed by atoms with van der Waals surface area (Å²) >= 11 is 1.69. The molecule has 0 saturated heterocycles. The Morgan fingerprint density at radius 1 is 1.24 bits per heavy atom. The number of phenolic OH excluding ortho intramolecular Hbond substituents is 1. The average Bonchev–Trinajstić information content (AvgIpc) is 2.84.